The maximum absolute atomic E-state index is 12.6. The van der Waals surface area contributed by atoms with Crippen molar-refractivity contribution >= 4 is 17.9 Å². The maximum Gasteiger partial charge on any atom is 0.338 e. The van der Waals surface area contributed by atoms with Gasteiger partial charge in [-0.2, -0.15) is 0 Å². The molecule has 29 heavy (non-hydrogen) atoms. The van der Waals surface area contributed by atoms with Gasteiger partial charge >= 0.3 is 17.9 Å². The average molecular weight is 404 g/mol. The molecule has 0 N–H and O–H groups in total. The summed E-state index contributed by atoms with van der Waals surface area (Å²) in [6.45, 7) is 8.45. The fraction of sp³-hybridized carbons (Fsp3) is 0.591. The molecule has 1 aliphatic carbocycles. The normalized spacial score (nSPS) is 33.7. The second-order valence-corrected chi connectivity index (χ2v) is 8.05. The van der Waals surface area contributed by atoms with E-state index in [-0.39, 0.29) is 18.3 Å². The van der Waals surface area contributed by atoms with Crippen molar-refractivity contribution in [3.63, 3.8) is 0 Å². The lowest BCUT2D eigenvalue weighted by atomic mass is 9.87. The second-order valence-electron chi connectivity index (χ2n) is 8.05. The van der Waals surface area contributed by atoms with Crippen LogP contribution in [0.25, 0.3) is 0 Å². The molecule has 0 aromatic carbocycles. The Morgan fingerprint density at radius 1 is 1.34 bits per heavy atom. The first-order chi connectivity index (χ1) is 13.7. The first kappa shape index (κ1) is 21.3. The summed E-state index contributed by atoms with van der Waals surface area (Å²) in [4.78, 5) is 36.5. The number of hydrogen-bond donors (Lipinski definition) is 0. The van der Waals surface area contributed by atoms with Gasteiger partial charge in [0.25, 0.3) is 0 Å². The zero-order valence-electron chi connectivity index (χ0n) is 17.6. The lowest BCUT2D eigenvalue weighted by Crippen LogP contribution is -2.33. The highest BCUT2D eigenvalue weighted by Crippen LogP contribution is 2.49. The predicted octanol–water partition coefficient (Wildman–Crippen LogP) is 2.94. The van der Waals surface area contributed by atoms with Crippen LogP contribution in [0, 0.1) is 0 Å². The standard InChI is InChI=1S/C22H28O7/c1-6-13(3)20(24)27-16-10-12(2)8-7-9-22(5)19(29-22)18-17(16)15(21(25)28-18)11-26-14(4)23/h6,8,16,18-19H,7,9-11H2,1-5H3/b12-8+,13-6+/t16-,18-,19-,22+/m0/s1. The van der Waals surface area contributed by atoms with Gasteiger partial charge in [-0.25, -0.2) is 9.59 Å². The van der Waals surface area contributed by atoms with Gasteiger partial charge in [-0.05, 0) is 40.5 Å². The zero-order valence-corrected chi connectivity index (χ0v) is 17.6. The minimum atomic E-state index is -0.706. The van der Waals surface area contributed by atoms with E-state index >= 15 is 0 Å². The summed E-state index contributed by atoms with van der Waals surface area (Å²) in [7, 11) is 0. The minimum absolute atomic E-state index is 0.219. The number of hydrogen-bond acceptors (Lipinski definition) is 7. The van der Waals surface area contributed by atoms with Crippen LogP contribution in [0.4, 0.5) is 0 Å². The molecule has 0 aromatic rings. The third kappa shape index (κ3) is 4.45. The molecule has 2 aliphatic heterocycles. The highest BCUT2D eigenvalue weighted by molar-refractivity contribution is 5.94. The Kier molecular flexibility index (Phi) is 5.98. The van der Waals surface area contributed by atoms with Gasteiger partial charge in [-0.3, -0.25) is 4.79 Å². The summed E-state index contributed by atoms with van der Waals surface area (Å²) in [5, 5.41) is 0. The SMILES string of the molecule is C/C=C(\C)C(=O)O[C@H]1C/C(C)=C/CC[C@@]2(C)O[C@H]2[C@H]2OC(=O)C(COC(C)=O)=C12. The van der Waals surface area contributed by atoms with E-state index in [0.717, 1.165) is 18.4 Å². The summed E-state index contributed by atoms with van der Waals surface area (Å²) in [5.41, 5.74) is 1.88. The van der Waals surface area contributed by atoms with Crippen LogP contribution in [-0.4, -0.2) is 48.4 Å². The molecule has 0 bridgehead atoms. The average Bonchev–Trinajstić information content (AvgIpc) is 3.20. The molecule has 4 atom stereocenters. The molecule has 7 heteroatoms. The first-order valence-corrected chi connectivity index (χ1v) is 9.91. The topological polar surface area (TPSA) is 91.4 Å². The first-order valence-electron chi connectivity index (χ1n) is 9.91. The Morgan fingerprint density at radius 2 is 2.07 bits per heavy atom. The van der Waals surface area contributed by atoms with Gasteiger partial charge in [0.2, 0.25) is 0 Å². The van der Waals surface area contributed by atoms with E-state index in [0.29, 0.717) is 17.6 Å². The van der Waals surface area contributed by atoms with E-state index in [1.807, 2.05) is 13.8 Å². The number of rotatable bonds is 4. The van der Waals surface area contributed by atoms with Gasteiger partial charge in [0.15, 0.2) is 6.10 Å². The van der Waals surface area contributed by atoms with Crippen LogP contribution in [0.15, 0.2) is 34.4 Å². The second kappa shape index (κ2) is 8.14. The van der Waals surface area contributed by atoms with E-state index < -0.39 is 35.7 Å². The molecule has 3 rings (SSSR count). The van der Waals surface area contributed by atoms with Crippen LogP contribution in [0.2, 0.25) is 0 Å². The third-order valence-electron chi connectivity index (χ3n) is 5.76. The van der Waals surface area contributed by atoms with Gasteiger partial charge in [0, 0.05) is 24.5 Å². The molecule has 0 saturated carbocycles. The number of fused-ring (bicyclic) bond motifs is 3. The van der Waals surface area contributed by atoms with Crippen LogP contribution >= 0.6 is 0 Å². The Labute approximate surface area is 170 Å². The molecule has 2 heterocycles. The molecule has 0 spiro atoms. The minimum Gasteiger partial charge on any atom is -0.461 e. The summed E-state index contributed by atoms with van der Waals surface area (Å²) >= 11 is 0. The molecular formula is C22H28O7. The molecule has 1 saturated heterocycles. The number of ether oxygens (including phenoxy) is 4. The van der Waals surface area contributed by atoms with E-state index in [4.69, 9.17) is 18.9 Å². The summed E-state index contributed by atoms with van der Waals surface area (Å²) in [6, 6.07) is 0. The summed E-state index contributed by atoms with van der Waals surface area (Å²) in [5.74, 6) is -1.52. The van der Waals surface area contributed by atoms with Gasteiger partial charge in [0.05, 0.1) is 11.2 Å². The van der Waals surface area contributed by atoms with Crippen LogP contribution in [-0.2, 0) is 33.3 Å². The van der Waals surface area contributed by atoms with Crippen molar-refractivity contribution in [1.29, 1.82) is 0 Å². The van der Waals surface area contributed by atoms with Crippen LogP contribution < -0.4 is 0 Å². The number of carbonyl (C=O) groups excluding carboxylic acids is 3. The fourth-order valence-electron chi connectivity index (χ4n) is 3.83. The van der Waals surface area contributed by atoms with E-state index in [1.54, 1.807) is 19.9 Å². The number of allylic oxidation sites excluding steroid dienone is 2. The molecule has 0 unspecified atom stereocenters. The van der Waals surface area contributed by atoms with Crippen LogP contribution in [0.5, 0.6) is 0 Å². The van der Waals surface area contributed by atoms with Gasteiger partial charge in [-0.1, -0.05) is 17.7 Å². The molecule has 1 fully saturated rings. The van der Waals surface area contributed by atoms with Gasteiger partial charge in [0.1, 0.15) is 18.8 Å². The number of epoxide rings is 1. The van der Waals surface area contributed by atoms with Crippen molar-refractivity contribution < 1.29 is 33.3 Å². The number of carbonyl (C=O) groups is 3. The summed E-state index contributed by atoms with van der Waals surface area (Å²) in [6.07, 6.45) is 4.16. The molecule has 3 aliphatic rings. The van der Waals surface area contributed by atoms with Gasteiger partial charge < -0.3 is 18.9 Å². The maximum atomic E-state index is 12.6. The van der Waals surface area contributed by atoms with Crippen molar-refractivity contribution in [3.8, 4) is 0 Å². The smallest absolute Gasteiger partial charge is 0.338 e. The Balaban J connectivity index is 2.04. The van der Waals surface area contributed by atoms with E-state index in [9.17, 15) is 14.4 Å². The van der Waals surface area contributed by atoms with Crippen LogP contribution in [0.1, 0.15) is 53.9 Å². The fourth-order valence-corrected chi connectivity index (χ4v) is 3.83. The highest BCUT2D eigenvalue weighted by atomic mass is 16.6. The zero-order chi connectivity index (χ0) is 21.3. The quantitative estimate of drug-likeness (QED) is 0.234. The van der Waals surface area contributed by atoms with E-state index in [1.165, 1.54) is 6.92 Å². The Morgan fingerprint density at radius 3 is 2.72 bits per heavy atom. The van der Waals surface area contributed by atoms with Crippen molar-refractivity contribution in [2.45, 2.75) is 77.8 Å². The third-order valence-corrected chi connectivity index (χ3v) is 5.76. The molecule has 0 amide bonds. The Hall–Kier alpha value is -2.41. The van der Waals surface area contributed by atoms with Crippen molar-refractivity contribution in [1.82, 2.24) is 0 Å². The molecule has 0 radical (unpaired) electrons. The monoisotopic (exact) mass is 404 g/mol. The van der Waals surface area contributed by atoms with Crippen molar-refractivity contribution in [3.05, 3.63) is 34.4 Å². The molecule has 0 aromatic heterocycles. The molecule has 7 nitrogen and oxygen atoms in total. The van der Waals surface area contributed by atoms with E-state index in [2.05, 4.69) is 6.08 Å². The molecular weight excluding hydrogens is 376 g/mol. The predicted molar refractivity (Wildman–Crippen MR) is 104 cm³/mol. The molecule has 158 valence electrons. The Bertz CT molecular complexity index is 819. The lowest BCUT2D eigenvalue weighted by molar-refractivity contribution is -0.143. The van der Waals surface area contributed by atoms with Crippen molar-refractivity contribution in [2.75, 3.05) is 6.61 Å². The van der Waals surface area contributed by atoms with Gasteiger partial charge in [-0.15, -0.1) is 0 Å². The van der Waals surface area contributed by atoms with Crippen molar-refractivity contribution in [2.24, 2.45) is 0 Å². The largest absolute Gasteiger partial charge is 0.461 e. The highest BCUT2D eigenvalue weighted by Gasteiger charge is 2.61. The lowest BCUT2D eigenvalue weighted by Gasteiger charge is -2.25. The number of esters is 3. The van der Waals surface area contributed by atoms with Crippen LogP contribution in [0.3, 0.4) is 0 Å². The summed E-state index contributed by atoms with van der Waals surface area (Å²) < 4.78 is 22.5.